The van der Waals surface area contributed by atoms with Gasteiger partial charge in [-0.1, -0.05) is 30.3 Å². The van der Waals surface area contributed by atoms with Gasteiger partial charge in [0.15, 0.2) is 0 Å². The Balaban J connectivity index is 1.56. The van der Waals surface area contributed by atoms with Crippen LogP contribution >= 0.6 is 15.9 Å². The number of amides is 1. The van der Waals surface area contributed by atoms with Gasteiger partial charge in [0.05, 0.1) is 10.7 Å². The summed E-state index contributed by atoms with van der Waals surface area (Å²) in [6.07, 6.45) is 3.40. The summed E-state index contributed by atoms with van der Waals surface area (Å²) in [6, 6.07) is 9.45. The second kappa shape index (κ2) is 7.61. The summed E-state index contributed by atoms with van der Waals surface area (Å²) in [5.74, 6) is 1.15. The first-order chi connectivity index (χ1) is 11.6. The Morgan fingerprint density at radius 1 is 1.38 bits per heavy atom. The van der Waals surface area contributed by atoms with Crippen molar-refractivity contribution in [2.24, 2.45) is 5.92 Å². The van der Waals surface area contributed by atoms with E-state index in [4.69, 9.17) is 9.47 Å². The first-order valence-corrected chi connectivity index (χ1v) is 8.58. The molecule has 24 heavy (non-hydrogen) atoms. The maximum atomic E-state index is 11.9. The molecule has 1 atom stereocenters. The van der Waals surface area contributed by atoms with Crippen molar-refractivity contribution in [3.63, 3.8) is 0 Å². The van der Waals surface area contributed by atoms with Gasteiger partial charge in [0, 0.05) is 0 Å². The van der Waals surface area contributed by atoms with E-state index in [2.05, 4.69) is 31.2 Å². The summed E-state index contributed by atoms with van der Waals surface area (Å²) >= 11 is 3.36. The van der Waals surface area contributed by atoms with E-state index in [0.717, 1.165) is 5.56 Å². The second-order valence-corrected chi connectivity index (χ2v) is 6.55. The minimum absolute atomic E-state index is 0.0917. The third kappa shape index (κ3) is 4.67. The van der Waals surface area contributed by atoms with E-state index in [9.17, 15) is 4.79 Å². The fourth-order valence-corrected chi connectivity index (χ4v) is 2.47. The summed E-state index contributed by atoms with van der Waals surface area (Å²) in [7, 11) is 0. The molecule has 6 nitrogen and oxygen atoms in total. The number of carbonyl (C=O) groups is 1. The molecule has 1 aliphatic carbocycles. The maximum absolute atomic E-state index is 11.9. The topological polar surface area (TPSA) is 73.3 Å². The van der Waals surface area contributed by atoms with Crippen LogP contribution in [-0.4, -0.2) is 22.2 Å². The van der Waals surface area contributed by atoms with Crippen LogP contribution in [0.25, 0.3) is 0 Å². The van der Waals surface area contributed by atoms with Crippen LogP contribution in [0.4, 0.5) is 10.7 Å². The molecule has 0 bridgehead atoms. The lowest BCUT2D eigenvalue weighted by atomic mass is 10.2. The number of carbonyl (C=O) groups excluding carboxylic acids is 1. The number of nitrogens with one attached hydrogen (secondary N) is 1. The monoisotopic (exact) mass is 391 g/mol. The number of hydrogen-bond donors (Lipinski definition) is 1. The van der Waals surface area contributed by atoms with Crippen molar-refractivity contribution in [3.05, 3.63) is 46.6 Å². The van der Waals surface area contributed by atoms with Crippen LogP contribution in [-0.2, 0) is 11.3 Å². The molecule has 1 saturated carbocycles. The van der Waals surface area contributed by atoms with Crippen LogP contribution in [0.5, 0.6) is 5.88 Å². The number of hydrogen-bond acceptors (Lipinski definition) is 5. The van der Waals surface area contributed by atoms with Crippen molar-refractivity contribution in [3.8, 4) is 5.88 Å². The van der Waals surface area contributed by atoms with E-state index in [1.807, 2.05) is 37.3 Å². The minimum Gasteiger partial charge on any atom is -0.473 e. The lowest BCUT2D eigenvalue weighted by molar-refractivity contribution is 0.155. The highest BCUT2D eigenvalue weighted by atomic mass is 79.9. The lowest BCUT2D eigenvalue weighted by Gasteiger charge is -2.14. The van der Waals surface area contributed by atoms with Crippen LogP contribution in [0.3, 0.4) is 0 Å². The fraction of sp³-hybridized carbons (Fsp3) is 0.353. The van der Waals surface area contributed by atoms with Gasteiger partial charge in [0.25, 0.3) is 0 Å². The predicted octanol–water partition coefficient (Wildman–Crippen LogP) is 4.17. The summed E-state index contributed by atoms with van der Waals surface area (Å²) in [5.41, 5.74) is 0.909. The molecule has 2 aromatic rings. The second-order valence-electron chi connectivity index (χ2n) is 5.69. The standard InChI is InChI=1S/C17H18BrN3O3/c1-11(13-7-8-13)24-15-14(18)9-19-16(20-15)21-17(22)23-10-12-5-3-2-4-6-12/h2-6,9,11,13H,7-8,10H2,1H3,(H,19,20,21,22). The molecule has 1 unspecified atom stereocenters. The minimum atomic E-state index is -0.609. The van der Waals surface area contributed by atoms with E-state index in [0.29, 0.717) is 16.3 Å². The SMILES string of the molecule is CC(Oc1nc(NC(=O)OCc2ccccc2)ncc1Br)C1CC1. The summed E-state index contributed by atoms with van der Waals surface area (Å²) in [5, 5.41) is 2.51. The van der Waals surface area contributed by atoms with Gasteiger partial charge in [-0.25, -0.2) is 9.78 Å². The van der Waals surface area contributed by atoms with Gasteiger partial charge in [0.2, 0.25) is 11.8 Å². The van der Waals surface area contributed by atoms with Crippen molar-refractivity contribution in [2.45, 2.75) is 32.5 Å². The molecule has 1 fully saturated rings. The Morgan fingerprint density at radius 2 is 2.12 bits per heavy atom. The number of aromatic nitrogens is 2. The van der Waals surface area contributed by atoms with Gasteiger partial charge in [-0.15, -0.1) is 0 Å². The van der Waals surface area contributed by atoms with E-state index in [-0.39, 0.29) is 18.7 Å². The van der Waals surface area contributed by atoms with Gasteiger partial charge in [-0.05, 0) is 47.2 Å². The highest BCUT2D eigenvalue weighted by molar-refractivity contribution is 9.10. The number of ether oxygens (including phenoxy) is 2. The van der Waals surface area contributed by atoms with Crippen LogP contribution in [0.1, 0.15) is 25.3 Å². The van der Waals surface area contributed by atoms with Crippen molar-refractivity contribution >= 4 is 28.0 Å². The third-order valence-electron chi connectivity index (χ3n) is 3.72. The van der Waals surface area contributed by atoms with Crippen LogP contribution in [0, 0.1) is 5.92 Å². The van der Waals surface area contributed by atoms with Crippen molar-refractivity contribution in [1.82, 2.24) is 9.97 Å². The molecule has 7 heteroatoms. The zero-order valence-electron chi connectivity index (χ0n) is 13.2. The predicted molar refractivity (Wildman–Crippen MR) is 92.8 cm³/mol. The summed E-state index contributed by atoms with van der Waals surface area (Å²) < 4.78 is 11.6. The molecule has 0 radical (unpaired) electrons. The fourth-order valence-electron chi connectivity index (χ4n) is 2.18. The van der Waals surface area contributed by atoms with E-state index < -0.39 is 6.09 Å². The molecule has 1 heterocycles. The summed E-state index contributed by atoms with van der Waals surface area (Å²) in [6.45, 7) is 2.21. The van der Waals surface area contributed by atoms with E-state index in [1.54, 1.807) is 6.20 Å². The largest absolute Gasteiger partial charge is 0.473 e. The maximum Gasteiger partial charge on any atom is 0.414 e. The third-order valence-corrected chi connectivity index (χ3v) is 4.27. The van der Waals surface area contributed by atoms with Crippen molar-refractivity contribution in [1.29, 1.82) is 0 Å². The molecule has 126 valence electrons. The summed E-state index contributed by atoms with van der Waals surface area (Å²) in [4.78, 5) is 20.1. The van der Waals surface area contributed by atoms with Crippen LogP contribution < -0.4 is 10.1 Å². The van der Waals surface area contributed by atoms with Gasteiger partial charge >= 0.3 is 6.09 Å². The smallest absolute Gasteiger partial charge is 0.414 e. The van der Waals surface area contributed by atoms with Gasteiger partial charge in [0.1, 0.15) is 12.7 Å². The Morgan fingerprint density at radius 3 is 2.83 bits per heavy atom. The van der Waals surface area contributed by atoms with Gasteiger partial charge < -0.3 is 9.47 Å². The molecule has 1 amide bonds. The molecule has 0 saturated heterocycles. The molecule has 1 aromatic carbocycles. The Bertz CT molecular complexity index is 707. The quantitative estimate of drug-likeness (QED) is 0.799. The first-order valence-electron chi connectivity index (χ1n) is 7.78. The van der Waals surface area contributed by atoms with Crippen molar-refractivity contribution in [2.75, 3.05) is 5.32 Å². The molecule has 1 aromatic heterocycles. The molecule has 3 rings (SSSR count). The molecular weight excluding hydrogens is 374 g/mol. The molecule has 0 spiro atoms. The normalized spacial score (nSPS) is 14.8. The van der Waals surface area contributed by atoms with Crippen LogP contribution in [0.2, 0.25) is 0 Å². The van der Waals surface area contributed by atoms with Gasteiger partial charge in [-0.3, -0.25) is 5.32 Å². The molecule has 0 aliphatic heterocycles. The van der Waals surface area contributed by atoms with Gasteiger partial charge in [-0.2, -0.15) is 4.98 Å². The lowest BCUT2D eigenvalue weighted by Crippen LogP contribution is -2.18. The molecule has 1 N–H and O–H groups in total. The Kier molecular flexibility index (Phi) is 5.30. The highest BCUT2D eigenvalue weighted by Gasteiger charge is 2.30. The Hall–Kier alpha value is -2.15. The van der Waals surface area contributed by atoms with Crippen LogP contribution in [0.15, 0.2) is 41.0 Å². The number of benzene rings is 1. The average molecular weight is 392 g/mol. The van der Waals surface area contributed by atoms with Crippen molar-refractivity contribution < 1.29 is 14.3 Å². The number of halogens is 1. The molecular formula is C17H18BrN3O3. The number of anilines is 1. The van der Waals surface area contributed by atoms with E-state index in [1.165, 1.54) is 12.8 Å². The van der Waals surface area contributed by atoms with E-state index >= 15 is 0 Å². The zero-order chi connectivity index (χ0) is 16.9. The average Bonchev–Trinajstić information content (AvgIpc) is 3.42. The number of rotatable bonds is 6. The molecule has 1 aliphatic rings. The Labute approximate surface area is 148 Å². The first kappa shape index (κ1) is 16.7. The highest BCUT2D eigenvalue weighted by Crippen LogP contribution is 2.35. The number of nitrogens with zero attached hydrogens (tertiary/aromatic N) is 2. The zero-order valence-corrected chi connectivity index (χ0v) is 14.8.